The minimum Gasteiger partial charge on any atom is -0.369 e. The maximum absolute atomic E-state index is 12.9. The second-order valence-corrected chi connectivity index (χ2v) is 8.92. The third kappa shape index (κ3) is 4.93. The lowest BCUT2D eigenvalue weighted by Gasteiger charge is -2.32. The van der Waals surface area contributed by atoms with Crippen LogP contribution in [-0.2, 0) is 9.59 Å². The van der Waals surface area contributed by atoms with Gasteiger partial charge in [0, 0.05) is 37.5 Å². The highest BCUT2D eigenvalue weighted by atomic mass is 35.5. The van der Waals surface area contributed by atoms with E-state index in [0.717, 1.165) is 45.6 Å². The fraction of sp³-hybridized carbons (Fsp3) is 0.636. The van der Waals surface area contributed by atoms with Crippen molar-refractivity contribution in [2.24, 2.45) is 23.5 Å². The van der Waals surface area contributed by atoms with Gasteiger partial charge in [-0.25, -0.2) is 0 Å². The van der Waals surface area contributed by atoms with E-state index in [1.54, 1.807) is 0 Å². The number of fused-ring (bicyclic) bond motifs is 1. The van der Waals surface area contributed by atoms with Crippen LogP contribution in [0, 0.1) is 24.7 Å². The molecule has 1 aromatic rings. The number of primary amides is 1. The van der Waals surface area contributed by atoms with Crippen molar-refractivity contribution in [1.82, 2.24) is 14.7 Å². The van der Waals surface area contributed by atoms with Gasteiger partial charge in [0.2, 0.25) is 11.8 Å². The number of benzene rings is 1. The molecule has 0 saturated carbocycles. The number of rotatable bonds is 4. The molecule has 168 valence electrons. The number of likely N-dealkylation sites (tertiary alicyclic amines) is 3. The van der Waals surface area contributed by atoms with Crippen LogP contribution in [0.25, 0.3) is 0 Å². The van der Waals surface area contributed by atoms with Crippen LogP contribution in [0.3, 0.4) is 0 Å². The van der Waals surface area contributed by atoms with Gasteiger partial charge in [0.15, 0.2) is 0 Å². The molecule has 3 aliphatic heterocycles. The van der Waals surface area contributed by atoms with Crippen LogP contribution < -0.4 is 5.73 Å². The van der Waals surface area contributed by atoms with Gasteiger partial charge in [-0.1, -0.05) is 24.3 Å². The molecule has 3 atom stereocenters. The van der Waals surface area contributed by atoms with Crippen LogP contribution in [0.4, 0.5) is 0 Å². The fourth-order valence-corrected chi connectivity index (χ4v) is 5.51. The zero-order valence-electron chi connectivity index (χ0n) is 17.8. The highest BCUT2D eigenvalue weighted by molar-refractivity contribution is 5.85. The van der Waals surface area contributed by atoms with Crippen molar-refractivity contribution in [2.75, 3.05) is 46.3 Å². The summed E-state index contributed by atoms with van der Waals surface area (Å²) in [5.74, 6) is 1.07. The van der Waals surface area contributed by atoms with E-state index in [1.807, 2.05) is 0 Å². The van der Waals surface area contributed by atoms with Crippen molar-refractivity contribution in [2.45, 2.75) is 25.8 Å². The molecule has 0 bridgehead atoms. The van der Waals surface area contributed by atoms with Crippen LogP contribution >= 0.6 is 24.8 Å². The summed E-state index contributed by atoms with van der Waals surface area (Å²) in [6.07, 6.45) is 1.54. The Morgan fingerprint density at radius 3 is 2.37 bits per heavy atom. The van der Waals surface area contributed by atoms with E-state index in [1.165, 1.54) is 11.1 Å². The monoisotopic (exact) mass is 456 g/mol. The molecular formula is C22H34Cl2N4O2. The molecule has 0 unspecified atom stereocenters. The predicted molar refractivity (Wildman–Crippen MR) is 123 cm³/mol. The normalized spacial score (nSPS) is 27.3. The first-order valence-electron chi connectivity index (χ1n) is 10.5. The number of carbonyl (C=O) groups is 2. The van der Waals surface area contributed by atoms with Gasteiger partial charge < -0.3 is 10.6 Å². The summed E-state index contributed by atoms with van der Waals surface area (Å²) in [6.45, 7) is 7.00. The summed E-state index contributed by atoms with van der Waals surface area (Å²) in [5, 5.41) is 0. The number of carbonyl (C=O) groups excluding carboxylic acids is 2. The SMILES string of the molecule is Cc1ccccc1[C@H]1[C@@H]2CN(C(=O)CN3CCC(C(N)=O)CC3)C[C@@H]2CN1C.Cl.Cl. The lowest BCUT2D eigenvalue weighted by molar-refractivity contribution is -0.132. The van der Waals surface area contributed by atoms with Gasteiger partial charge in [0.1, 0.15) is 0 Å². The van der Waals surface area contributed by atoms with Crippen molar-refractivity contribution in [3.63, 3.8) is 0 Å². The molecule has 4 rings (SSSR count). The quantitative estimate of drug-likeness (QED) is 0.752. The molecule has 6 nitrogen and oxygen atoms in total. The Bertz CT molecular complexity index is 754. The zero-order chi connectivity index (χ0) is 19.8. The van der Waals surface area contributed by atoms with Crippen LogP contribution in [0.1, 0.15) is 30.0 Å². The minimum atomic E-state index is -0.204. The predicted octanol–water partition coefficient (Wildman–Crippen LogP) is 2.10. The maximum Gasteiger partial charge on any atom is 0.236 e. The van der Waals surface area contributed by atoms with E-state index in [4.69, 9.17) is 5.73 Å². The molecule has 0 aromatic heterocycles. The van der Waals surface area contributed by atoms with E-state index >= 15 is 0 Å². The molecule has 30 heavy (non-hydrogen) atoms. The maximum atomic E-state index is 12.9. The first-order chi connectivity index (χ1) is 13.4. The second-order valence-electron chi connectivity index (χ2n) is 8.92. The average molecular weight is 457 g/mol. The molecule has 0 radical (unpaired) electrons. The molecule has 0 spiro atoms. The second kappa shape index (κ2) is 10.3. The molecule has 3 saturated heterocycles. The average Bonchev–Trinajstić information content (AvgIpc) is 3.20. The van der Waals surface area contributed by atoms with Crippen molar-refractivity contribution in [3.8, 4) is 0 Å². The summed E-state index contributed by atoms with van der Waals surface area (Å²) in [4.78, 5) is 31.0. The van der Waals surface area contributed by atoms with Gasteiger partial charge in [-0.05, 0) is 56.9 Å². The van der Waals surface area contributed by atoms with Gasteiger partial charge in [-0.2, -0.15) is 0 Å². The van der Waals surface area contributed by atoms with Crippen LogP contribution in [-0.4, -0.2) is 72.8 Å². The smallest absolute Gasteiger partial charge is 0.236 e. The molecule has 3 fully saturated rings. The van der Waals surface area contributed by atoms with Gasteiger partial charge in [-0.15, -0.1) is 24.8 Å². The summed E-state index contributed by atoms with van der Waals surface area (Å²) < 4.78 is 0. The zero-order valence-corrected chi connectivity index (χ0v) is 19.5. The summed E-state index contributed by atoms with van der Waals surface area (Å²) in [7, 11) is 2.21. The third-order valence-corrected chi connectivity index (χ3v) is 7.10. The Morgan fingerprint density at radius 1 is 1.07 bits per heavy atom. The van der Waals surface area contributed by atoms with Gasteiger partial charge in [0.25, 0.3) is 0 Å². The highest BCUT2D eigenvalue weighted by Crippen LogP contribution is 2.44. The number of nitrogens with two attached hydrogens (primary N) is 1. The van der Waals surface area contributed by atoms with Gasteiger partial charge in [-0.3, -0.25) is 19.4 Å². The number of nitrogens with zero attached hydrogens (tertiary/aromatic N) is 3. The topological polar surface area (TPSA) is 69.9 Å². The van der Waals surface area contributed by atoms with Crippen molar-refractivity contribution < 1.29 is 9.59 Å². The Balaban J connectivity index is 0.00000160. The summed E-state index contributed by atoms with van der Waals surface area (Å²) >= 11 is 0. The molecular weight excluding hydrogens is 423 g/mol. The number of hydrogen-bond acceptors (Lipinski definition) is 4. The Kier molecular flexibility index (Phi) is 8.57. The van der Waals surface area contributed by atoms with Crippen LogP contribution in [0.2, 0.25) is 0 Å². The Hall–Kier alpha value is -1.34. The molecule has 8 heteroatoms. The highest BCUT2D eigenvalue weighted by Gasteiger charge is 2.47. The minimum absolute atomic E-state index is 0. The Labute approximate surface area is 192 Å². The van der Waals surface area contributed by atoms with Crippen molar-refractivity contribution >= 4 is 36.6 Å². The van der Waals surface area contributed by atoms with E-state index in [9.17, 15) is 9.59 Å². The van der Waals surface area contributed by atoms with Gasteiger partial charge in [0.05, 0.1) is 6.54 Å². The van der Waals surface area contributed by atoms with Crippen molar-refractivity contribution in [3.05, 3.63) is 35.4 Å². The molecule has 3 aliphatic rings. The van der Waals surface area contributed by atoms with E-state index in [0.29, 0.717) is 24.4 Å². The number of halogens is 2. The Morgan fingerprint density at radius 2 is 1.73 bits per heavy atom. The summed E-state index contributed by atoms with van der Waals surface area (Å²) in [5.41, 5.74) is 8.15. The summed E-state index contributed by atoms with van der Waals surface area (Å²) in [6, 6.07) is 9.04. The molecule has 0 aliphatic carbocycles. The van der Waals surface area contributed by atoms with Gasteiger partial charge >= 0.3 is 0 Å². The van der Waals surface area contributed by atoms with E-state index in [2.05, 4.69) is 52.9 Å². The number of piperidine rings is 1. The van der Waals surface area contributed by atoms with E-state index in [-0.39, 0.29) is 42.5 Å². The largest absolute Gasteiger partial charge is 0.369 e. The molecule has 1 aromatic carbocycles. The molecule has 3 heterocycles. The molecule has 2 amide bonds. The number of hydrogen-bond donors (Lipinski definition) is 1. The third-order valence-electron chi connectivity index (χ3n) is 7.10. The lowest BCUT2D eigenvalue weighted by Crippen LogP contribution is -2.45. The molecule has 2 N–H and O–H groups in total. The fourth-order valence-electron chi connectivity index (χ4n) is 5.51. The standard InChI is InChI=1S/C22H32N4O2.2ClH/c1-15-5-3-4-6-18(15)21-19-13-26(12-17(19)11-24(21)2)20(27)14-25-9-7-16(8-10-25)22(23)28;;/h3-6,16-17,19,21H,7-14H2,1-2H3,(H2,23,28);2*1H/t17-,19+,21-;;/m0../s1. The number of amides is 2. The lowest BCUT2D eigenvalue weighted by atomic mass is 9.88. The van der Waals surface area contributed by atoms with Crippen LogP contribution in [0.15, 0.2) is 24.3 Å². The number of aryl methyl sites for hydroxylation is 1. The first-order valence-corrected chi connectivity index (χ1v) is 10.5. The van der Waals surface area contributed by atoms with Crippen molar-refractivity contribution in [1.29, 1.82) is 0 Å². The van der Waals surface area contributed by atoms with E-state index < -0.39 is 0 Å². The first kappa shape index (κ1) is 24.9. The van der Waals surface area contributed by atoms with Crippen LogP contribution in [0.5, 0.6) is 0 Å².